The Morgan fingerprint density at radius 2 is 1.72 bits per heavy atom. The average Bonchev–Trinajstić information content (AvgIpc) is 2.65. The van der Waals surface area contributed by atoms with Crippen LogP contribution in [0, 0.1) is 5.92 Å². The van der Waals surface area contributed by atoms with Gasteiger partial charge in [0.2, 0.25) is 5.79 Å². The zero-order chi connectivity index (χ0) is 21.3. The lowest BCUT2D eigenvalue weighted by molar-refractivity contribution is -0.202. The summed E-state index contributed by atoms with van der Waals surface area (Å²) in [6, 6.07) is 6.68. The minimum atomic E-state index is -2.61. The summed E-state index contributed by atoms with van der Waals surface area (Å²) in [5.74, 6) is 1.64. The van der Waals surface area contributed by atoms with Gasteiger partial charge in [-0.15, -0.1) is 0 Å². The smallest absolute Gasteiger partial charge is 0.494 e. The van der Waals surface area contributed by atoms with Gasteiger partial charge in [-0.05, 0) is 51.3 Å². The van der Waals surface area contributed by atoms with Crippen LogP contribution >= 0.6 is 0 Å². The van der Waals surface area contributed by atoms with Crippen LogP contribution in [0.4, 0.5) is 0 Å². The highest BCUT2D eigenvalue weighted by Crippen LogP contribution is 2.36. The fourth-order valence-electron chi connectivity index (χ4n) is 3.67. The SMILES string of the molecule is CCO[Si](CCCOc1ccc2c(c1)COC(C)(CC(C)C)O2)(OCC)OCC. The molecule has 166 valence electrons. The largest absolute Gasteiger partial charge is 0.501 e. The first-order valence-electron chi connectivity index (χ1n) is 10.9. The number of ether oxygens (including phenoxy) is 3. The van der Waals surface area contributed by atoms with Gasteiger partial charge in [0, 0.05) is 44.8 Å². The molecule has 29 heavy (non-hydrogen) atoms. The second-order valence-corrected chi connectivity index (χ2v) is 10.6. The van der Waals surface area contributed by atoms with Crippen LogP contribution in [0.2, 0.25) is 6.04 Å². The van der Waals surface area contributed by atoms with Crippen molar-refractivity contribution in [3.05, 3.63) is 23.8 Å². The van der Waals surface area contributed by atoms with E-state index in [4.69, 9.17) is 27.5 Å². The molecule has 0 aromatic heterocycles. The Kier molecular flexibility index (Phi) is 9.42. The Labute approximate surface area is 177 Å². The van der Waals surface area contributed by atoms with Crippen LogP contribution in [0.5, 0.6) is 11.5 Å². The standard InChI is InChI=1S/C22H38O6Si/c1-7-25-29(26-8-2,27-9-3)14-10-13-23-20-11-12-21-19(15-20)17-24-22(6,28-21)16-18(4)5/h11-12,15,18H,7-10,13-14,16-17H2,1-6H3. The number of hydrogen-bond acceptors (Lipinski definition) is 6. The third-order valence-corrected chi connectivity index (χ3v) is 7.81. The summed E-state index contributed by atoms with van der Waals surface area (Å²) in [5.41, 5.74) is 1.02. The van der Waals surface area contributed by atoms with Gasteiger partial charge < -0.3 is 27.5 Å². The fraction of sp³-hybridized carbons (Fsp3) is 0.727. The molecule has 1 aliphatic rings. The van der Waals surface area contributed by atoms with Crippen LogP contribution in [0.3, 0.4) is 0 Å². The van der Waals surface area contributed by atoms with Crippen molar-refractivity contribution in [2.75, 3.05) is 26.4 Å². The van der Waals surface area contributed by atoms with E-state index >= 15 is 0 Å². The van der Waals surface area contributed by atoms with E-state index in [1.165, 1.54) is 0 Å². The minimum absolute atomic E-state index is 0.505. The lowest BCUT2D eigenvalue weighted by Crippen LogP contribution is -2.46. The fourth-order valence-corrected chi connectivity index (χ4v) is 6.25. The highest BCUT2D eigenvalue weighted by molar-refractivity contribution is 6.60. The van der Waals surface area contributed by atoms with Crippen molar-refractivity contribution in [2.24, 2.45) is 5.92 Å². The summed E-state index contributed by atoms with van der Waals surface area (Å²) in [6.07, 6.45) is 1.67. The Morgan fingerprint density at radius 1 is 1.07 bits per heavy atom. The van der Waals surface area contributed by atoms with E-state index in [0.717, 1.165) is 35.9 Å². The predicted molar refractivity (Wildman–Crippen MR) is 115 cm³/mol. The summed E-state index contributed by atoms with van der Waals surface area (Å²) < 4.78 is 35.7. The topological polar surface area (TPSA) is 55.4 Å². The molecule has 1 aliphatic heterocycles. The highest BCUT2D eigenvalue weighted by Gasteiger charge is 2.39. The Balaban J connectivity index is 1.89. The molecule has 6 nitrogen and oxygen atoms in total. The Bertz CT molecular complexity index is 606. The Hall–Kier alpha value is -1.12. The number of hydrogen-bond donors (Lipinski definition) is 0. The molecule has 0 saturated carbocycles. The van der Waals surface area contributed by atoms with Crippen LogP contribution in [0.25, 0.3) is 0 Å². The van der Waals surface area contributed by atoms with Gasteiger partial charge in [0.05, 0.1) is 13.2 Å². The van der Waals surface area contributed by atoms with Crippen molar-refractivity contribution in [1.29, 1.82) is 0 Å². The molecule has 1 aromatic carbocycles. The summed E-state index contributed by atoms with van der Waals surface area (Å²) in [5, 5.41) is 0. The first kappa shape index (κ1) is 24.1. The van der Waals surface area contributed by atoms with Crippen molar-refractivity contribution in [2.45, 2.75) is 72.8 Å². The molecule has 1 unspecified atom stereocenters. The Morgan fingerprint density at radius 3 is 2.31 bits per heavy atom. The number of rotatable bonds is 13. The minimum Gasteiger partial charge on any atom is -0.494 e. The second kappa shape index (κ2) is 11.3. The van der Waals surface area contributed by atoms with Crippen molar-refractivity contribution in [3.8, 4) is 11.5 Å². The van der Waals surface area contributed by atoms with E-state index in [2.05, 4.69) is 13.8 Å². The maximum atomic E-state index is 6.11. The predicted octanol–water partition coefficient (Wildman–Crippen LogP) is 5.18. The maximum absolute atomic E-state index is 6.11. The van der Waals surface area contributed by atoms with Crippen LogP contribution in [0.1, 0.15) is 59.9 Å². The van der Waals surface area contributed by atoms with Crippen LogP contribution in [-0.4, -0.2) is 41.0 Å². The van der Waals surface area contributed by atoms with Gasteiger partial charge in [0.1, 0.15) is 11.5 Å². The summed E-state index contributed by atoms with van der Waals surface area (Å²) in [4.78, 5) is 0. The van der Waals surface area contributed by atoms with Crippen molar-refractivity contribution in [1.82, 2.24) is 0 Å². The summed E-state index contributed by atoms with van der Waals surface area (Å²) >= 11 is 0. The summed E-state index contributed by atoms with van der Waals surface area (Å²) in [6.45, 7) is 15.1. The highest BCUT2D eigenvalue weighted by atomic mass is 28.4. The molecular formula is C22H38O6Si. The van der Waals surface area contributed by atoms with Gasteiger partial charge in [0.15, 0.2) is 0 Å². The molecule has 0 saturated heterocycles. The third kappa shape index (κ3) is 7.26. The van der Waals surface area contributed by atoms with Crippen LogP contribution in [0.15, 0.2) is 18.2 Å². The van der Waals surface area contributed by atoms with E-state index in [9.17, 15) is 0 Å². The van der Waals surface area contributed by atoms with Gasteiger partial charge in [-0.1, -0.05) is 13.8 Å². The normalized spacial score (nSPS) is 19.1. The number of benzene rings is 1. The van der Waals surface area contributed by atoms with Crippen LogP contribution < -0.4 is 9.47 Å². The molecule has 0 fully saturated rings. The van der Waals surface area contributed by atoms with E-state index in [0.29, 0.717) is 39.0 Å². The monoisotopic (exact) mass is 426 g/mol. The van der Waals surface area contributed by atoms with Gasteiger partial charge >= 0.3 is 8.80 Å². The zero-order valence-electron chi connectivity index (χ0n) is 18.9. The van der Waals surface area contributed by atoms with E-state index in [-0.39, 0.29) is 0 Å². The molecule has 1 heterocycles. The van der Waals surface area contributed by atoms with Gasteiger partial charge in [-0.3, -0.25) is 0 Å². The first-order valence-corrected chi connectivity index (χ1v) is 12.8. The van der Waals surface area contributed by atoms with Crippen molar-refractivity contribution >= 4 is 8.80 Å². The van der Waals surface area contributed by atoms with Crippen molar-refractivity contribution < 1.29 is 27.5 Å². The number of fused-ring (bicyclic) bond motifs is 1. The zero-order valence-corrected chi connectivity index (χ0v) is 19.9. The molecule has 0 spiro atoms. The molecule has 0 aliphatic carbocycles. The lowest BCUT2D eigenvalue weighted by Gasteiger charge is -2.36. The van der Waals surface area contributed by atoms with Gasteiger partial charge in [-0.2, -0.15) is 0 Å². The molecule has 0 radical (unpaired) electrons. The summed E-state index contributed by atoms with van der Waals surface area (Å²) in [7, 11) is -2.61. The molecule has 1 atom stereocenters. The molecule has 0 amide bonds. The van der Waals surface area contributed by atoms with E-state index in [1.807, 2.05) is 45.9 Å². The molecule has 0 bridgehead atoms. The second-order valence-electron chi connectivity index (χ2n) is 7.83. The quantitative estimate of drug-likeness (QED) is 0.320. The van der Waals surface area contributed by atoms with E-state index < -0.39 is 14.6 Å². The maximum Gasteiger partial charge on any atom is 0.501 e. The van der Waals surface area contributed by atoms with Crippen molar-refractivity contribution in [3.63, 3.8) is 0 Å². The van der Waals surface area contributed by atoms with Gasteiger partial charge in [-0.25, -0.2) is 0 Å². The molecule has 2 rings (SSSR count). The molecule has 1 aromatic rings. The van der Waals surface area contributed by atoms with Crippen LogP contribution in [-0.2, 0) is 24.6 Å². The van der Waals surface area contributed by atoms with Gasteiger partial charge in [0.25, 0.3) is 0 Å². The third-order valence-electron chi connectivity index (χ3n) is 4.66. The first-order chi connectivity index (χ1) is 13.9. The molecule has 7 heteroatoms. The van der Waals surface area contributed by atoms with E-state index in [1.54, 1.807) is 0 Å². The lowest BCUT2D eigenvalue weighted by atomic mass is 10.0. The molecule has 0 N–H and O–H groups in total. The average molecular weight is 427 g/mol. The molecular weight excluding hydrogens is 388 g/mol.